The van der Waals surface area contributed by atoms with Gasteiger partial charge in [0.1, 0.15) is 0 Å². The molecule has 0 bridgehead atoms. The summed E-state index contributed by atoms with van der Waals surface area (Å²) >= 11 is 4.89. The maximum Gasteiger partial charge on any atom is 0.261 e. The smallest absolute Gasteiger partial charge is 0.261 e. The van der Waals surface area contributed by atoms with Crippen LogP contribution >= 0.6 is 27.3 Å². The molecule has 0 saturated heterocycles. The third-order valence-corrected chi connectivity index (χ3v) is 4.97. The topological polar surface area (TPSA) is 38.3 Å². The van der Waals surface area contributed by atoms with Gasteiger partial charge in [-0.3, -0.25) is 4.79 Å². The van der Waals surface area contributed by atoms with Crippen molar-refractivity contribution in [3.05, 3.63) is 55.7 Å². The van der Waals surface area contributed by atoms with E-state index in [1.54, 1.807) is 7.11 Å². The van der Waals surface area contributed by atoms with Gasteiger partial charge in [-0.25, -0.2) is 0 Å². The summed E-state index contributed by atoms with van der Waals surface area (Å²) < 4.78 is 6.11. The third kappa shape index (κ3) is 3.91. The zero-order valence-corrected chi connectivity index (χ0v) is 13.8. The van der Waals surface area contributed by atoms with Crippen LogP contribution in [0.25, 0.3) is 0 Å². The highest BCUT2D eigenvalue weighted by molar-refractivity contribution is 9.11. The standard InChI is InChI=1S/C15H16BrNO2S/c1-10-6-13(20-14(10)16)15(18)17-8-11-4-3-5-12(7-11)9-19-2/h3-7H,8-9H2,1-2H3,(H,17,18). The Kier molecular flexibility index (Phi) is 5.34. The molecule has 0 fully saturated rings. The maximum atomic E-state index is 12.0. The van der Waals surface area contributed by atoms with Crippen LogP contribution in [0.5, 0.6) is 0 Å². The normalized spacial score (nSPS) is 10.6. The van der Waals surface area contributed by atoms with Gasteiger partial charge in [0, 0.05) is 13.7 Å². The van der Waals surface area contributed by atoms with Gasteiger partial charge in [0.05, 0.1) is 15.3 Å². The van der Waals surface area contributed by atoms with Crippen LogP contribution in [0.4, 0.5) is 0 Å². The lowest BCUT2D eigenvalue weighted by Crippen LogP contribution is -2.21. The first kappa shape index (κ1) is 15.2. The fourth-order valence-corrected chi connectivity index (χ4v) is 3.29. The van der Waals surface area contributed by atoms with Crippen molar-refractivity contribution < 1.29 is 9.53 Å². The minimum absolute atomic E-state index is 0.0408. The number of hydrogen-bond donors (Lipinski definition) is 1. The van der Waals surface area contributed by atoms with Gasteiger partial charge in [-0.2, -0.15) is 0 Å². The van der Waals surface area contributed by atoms with E-state index in [9.17, 15) is 4.79 Å². The lowest BCUT2D eigenvalue weighted by atomic mass is 10.1. The molecule has 1 N–H and O–H groups in total. The van der Waals surface area contributed by atoms with Crippen molar-refractivity contribution >= 4 is 33.2 Å². The first-order valence-corrected chi connectivity index (χ1v) is 7.82. The number of aryl methyl sites for hydroxylation is 1. The molecular weight excluding hydrogens is 338 g/mol. The molecule has 0 aliphatic carbocycles. The van der Waals surface area contributed by atoms with E-state index >= 15 is 0 Å². The van der Waals surface area contributed by atoms with E-state index in [4.69, 9.17) is 4.74 Å². The zero-order valence-electron chi connectivity index (χ0n) is 11.4. The van der Waals surface area contributed by atoms with E-state index in [0.29, 0.717) is 13.2 Å². The van der Waals surface area contributed by atoms with Crippen LogP contribution in [0, 0.1) is 6.92 Å². The molecule has 0 unspecified atom stereocenters. The van der Waals surface area contributed by atoms with Gasteiger partial charge >= 0.3 is 0 Å². The predicted molar refractivity (Wildman–Crippen MR) is 85.1 cm³/mol. The van der Waals surface area contributed by atoms with Crippen molar-refractivity contribution in [1.29, 1.82) is 0 Å². The number of benzene rings is 1. The molecule has 106 valence electrons. The Bertz CT molecular complexity index is 590. The van der Waals surface area contributed by atoms with Crippen LogP contribution in [0.15, 0.2) is 34.1 Å². The number of ether oxygens (including phenoxy) is 1. The van der Waals surface area contributed by atoms with Crippen molar-refractivity contribution in [2.24, 2.45) is 0 Å². The summed E-state index contributed by atoms with van der Waals surface area (Å²) in [5.74, 6) is -0.0408. The second-order valence-electron chi connectivity index (χ2n) is 4.50. The highest BCUT2D eigenvalue weighted by atomic mass is 79.9. The molecule has 3 nitrogen and oxygen atoms in total. The number of amides is 1. The first-order valence-electron chi connectivity index (χ1n) is 6.21. The van der Waals surface area contributed by atoms with Gasteiger partial charge in [-0.15, -0.1) is 11.3 Å². The van der Waals surface area contributed by atoms with Crippen molar-refractivity contribution in [3.8, 4) is 0 Å². The third-order valence-electron chi connectivity index (χ3n) is 2.84. The van der Waals surface area contributed by atoms with Gasteiger partial charge in [0.15, 0.2) is 0 Å². The minimum Gasteiger partial charge on any atom is -0.380 e. The molecule has 20 heavy (non-hydrogen) atoms. The Labute approximate surface area is 131 Å². The molecule has 0 radical (unpaired) electrons. The summed E-state index contributed by atoms with van der Waals surface area (Å²) in [6.45, 7) is 3.08. The maximum absolute atomic E-state index is 12.0. The molecule has 0 aliphatic rings. The average Bonchev–Trinajstić information content (AvgIpc) is 2.77. The quantitative estimate of drug-likeness (QED) is 0.885. The van der Waals surface area contributed by atoms with Crippen LogP contribution in [0.1, 0.15) is 26.4 Å². The Hall–Kier alpha value is -1.17. The molecule has 1 heterocycles. The van der Waals surface area contributed by atoms with Crippen LogP contribution in [0.3, 0.4) is 0 Å². The number of carbonyl (C=O) groups is 1. The van der Waals surface area contributed by atoms with E-state index in [2.05, 4.69) is 21.2 Å². The van der Waals surface area contributed by atoms with Crippen molar-refractivity contribution in [2.45, 2.75) is 20.1 Å². The van der Waals surface area contributed by atoms with Crippen molar-refractivity contribution in [2.75, 3.05) is 7.11 Å². The number of carbonyl (C=O) groups excluding carboxylic acids is 1. The molecular formula is C15H16BrNO2S. The summed E-state index contributed by atoms with van der Waals surface area (Å²) in [4.78, 5) is 12.8. The van der Waals surface area contributed by atoms with Crippen LogP contribution in [-0.4, -0.2) is 13.0 Å². The summed E-state index contributed by atoms with van der Waals surface area (Å²) in [6, 6.07) is 9.91. The van der Waals surface area contributed by atoms with E-state index < -0.39 is 0 Å². The Morgan fingerprint density at radius 1 is 1.35 bits per heavy atom. The molecule has 0 saturated carbocycles. The monoisotopic (exact) mass is 353 g/mol. The molecule has 1 aromatic carbocycles. The Morgan fingerprint density at radius 2 is 2.10 bits per heavy atom. The fourth-order valence-electron chi connectivity index (χ4n) is 1.84. The van der Waals surface area contributed by atoms with E-state index in [-0.39, 0.29) is 5.91 Å². The number of nitrogens with one attached hydrogen (secondary N) is 1. The SMILES string of the molecule is COCc1cccc(CNC(=O)c2cc(C)c(Br)s2)c1. The second-order valence-corrected chi connectivity index (χ2v) is 6.87. The van der Waals surface area contributed by atoms with Crippen LogP contribution in [0.2, 0.25) is 0 Å². The summed E-state index contributed by atoms with van der Waals surface area (Å²) in [6.07, 6.45) is 0. The lowest BCUT2D eigenvalue weighted by molar-refractivity contribution is 0.0955. The van der Waals surface area contributed by atoms with Crippen LogP contribution < -0.4 is 5.32 Å². The van der Waals surface area contributed by atoms with Gasteiger partial charge in [-0.1, -0.05) is 24.3 Å². The summed E-state index contributed by atoms with van der Waals surface area (Å²) in [5, 5.41) is 2.93. The van der Waals surface area contributed by atoms with Crippen molar-refractivity contribution in [1.82, 2.24) is 5.32 Å². The molecule has 2 aromatic rings. The Balaban J connectivity index is 1.97. The molecule has 2 rings (SSSR count). The van der Waals surface area contributed by atoms with E-state index in [0.717, 1.165) is 25.4 Å². The second kappa shape index (κ2) is 7.02. The van der Waals surface area contributed by atoms with E-state index in [1.165, 1.54) is 11.3 Å². The summed E-state index contributed by atoms with van der Waals surface area (Å²) in [7, 11) is 1.67. The molecule has 1 amide bonds. The molecule has 1 aromatic heterocycles. The molecule has 0 spiro atoms. The highest BCUT2D eigenvalue weighted by Crippen LogP contribution is 2.27. The van der Waals surface area contributed by atoms with Gasteiger partial charge < -0.3 is 10.1 Å². The number of rotatable bonds is 5. The number of methoxy groups -OCH3 is 1. The minimum atomic E-state index is -0.0408. The zero-order chi connectivity index (χ0) is 14.5. The number of thiophene rings is 1. The van der Waals surface area contributed by atoms with Gasteiger partial charge in [-0.05, 0) is 45.6 Å². The number of hydrogen-bond acceptors (Lipinski definition) is 3. The predicted octanol–water partition coefficient (Wildman–Crippen LogP) is 3.90. The van der Waals surface area contributed by atoms with E-state index in [1.807, 2.05) is 37.3 Å². The molecule has 5 heteroatoms. The number of halogens is 1. The van der Waals surface area contributed by atoms with Crippen LogP contribution in [-0.2, 0) is 17.9 Å². The largest absolute Gasteiger partial charge is 0.380 e. The first-order chi connectivity index (χ1) is 9.60. The highest BCUT2D eigenvalue weighted by Gasteiger charge is 2.10. The van der Waals surface area contributed by atoms with Gasteiger partial charge in [0.2, 0.25) is 0 Å². The molecule has 0 atom stereocenters. The fraction of sp³-hybridized carbons (Fsp3) is 0.267. The van der Waals surface area contributed by atoms with Gasteiger partial charge in [0.25, 0.3) is 5.91 Å². The lowest BCUT2D eigenvalue weighted by Gasteiger charge is -2.06. The average molecular weight is 354 g/mol. The van der Waals surface area contributed by atoms with Crippen molar-refractivity contribution in [3.63, 3.8) is 0 Å². The Morgan fingerprint density at radius 3 is 2.75 bits per heavy atom. The molecule has 0 aliphatic heterocycles. The summed E-state index contributed by atoms with van der Waals surface area (Å²) in [5.41, 5.74) is 3.26.